The topological polar surface area (TPSA) is 24.9 Å². The Morgan fingerprint density at radius 3 is 2.78 bits per heavy atom. The van der Waals surface area contributed by atoms with Crippen LogP contribution in [0.5, 0.6) is 0 Å². The highest BCUT2D eigenvalue weighted by Gasteiger charge is 2.30. The van der Waals surface area contributed by atoms with E-state index >= 15 is 0 Å². The van der Waals surface area contributed by atoms with E-state index in [1.807, 2.05) is 13.1 Å². The first-order valence-corrected chi connectivity index (χ1v) is 8.71. The normalized spacial score (nSPS) is 25.9. The van der Waals surface area contributed by atoms with Crippen molar-refractivity contribution in [3.8, 4) is 0 Å². The molecule has 1 aromatic rings. The van der Waals surface area contributed by atoms with Gasteiger partial charge in [0.15, 0.2) is 0 Å². The molecule has 2 heterocycles. The summed E-state index contributed by atoms with van der Waals surface area (Å²) >= 11 is 4.20. The van der Waals surface area contributed by atoms with E-state index in [1.54, 1.807) is 0 Å². The number of thioether (sulfide) groups is 2. The van der Waals surface area contributed by atoms with Gasteiger partial charge in [0, 0.05) is 39.9 Å². The Bertz CT molecular complexity index is 367. The third-order valence-electron chi connectivity index (χ3n) is 3.28. The molecule has 100 valence electrons. The van der Waals surface area contributed by atoms with E-state index in [0.717, 1.165) is 12.2 Å². The second kappa shape index (κ2) is 6.83. The molecule has 0 spiro atoms. The van der Waals surface area contributed by atoms with Gasteiger partial charge in [-0.3, -0.25) is 4.98 Å². The molecule has 2 rings (SSSR count). The summed E-state index contributed by atoms with van der Waals surface area (Å²) in [5.74, 6) is 2.55. The Hall–Kier alpha value is -0.190. The zero-order chi connectivity index (χ0) is 13.0. The molecule has 0 amide bonds. The standard InChI is InChI=1S/C14H22N2S2/c1-4-15-13(12-6-5-10(2)16-9-12)14-11(3)17-7-8-18-14/h5-6,9,11,13-15H,4,7-8H2,1-3H3. The molecule has 18 heavy (non-hydrogen) atoms. The zero-order valence-corrected chi connectivity index (χ0v) is 13.0. The molecule has 1 aliphatic heterocycles. The highest BCUT2D eigenvalue weighted by Crippen LogP contribution is 2.38. The summed E-state index contributed by atoms with van der Waals surface area (Å²) in [5.41, 5.74) is 2.42. The van der Waals surface area contributed by atoms with Crippen LogP contribution in [-0.4, -0.2) is 33.5 Å². The van der Waals surface area contributed by atoms with Crippen molar-refractivity contribution in [3.63, 3.8) is 0 Å². The van der Waals surface area contributed by atoms with Gasteiger partial charge in [-0.05, 0) is 25.1 Å². The lowest BCUT2D eigenvalue weighted by molar-refractivity contribution is 0.524. The molecule has 2 nitrogen and oxygen atoms in total. The smallest absolute Gasteiger partial charge is 0.0466 e. The Labute approximate surface area is 119 Å². The number of pyridine rings is 1. The highest BCUT2D eigenvalue weighted by molar-refractivity contribution is 8.07. The van der Waals surface area contributed by atoms with E-state index in [0.29, 0.717) is 16.5 Å². The van der Waals surface area contributed by atoms with Crippen molar-refractivity contribution < 1.29 is 0 Å². The fourth-order valence-corrected chi connectivity index (χ4v) is 5.27. The zero-order valence-electron chi connectivity index (χ0n) is 11.3. The molecule has 1 saturated heterocycles. The van der Waals surface area contributed by atoms with Crippen molar-refractivity contribution in [2.24, 2.45) is 0 Å². The quantitative estimate of drug-likeness (QED) is 0.916. The van der Waals surface area contributed by atoms with Crippen molar-refractivity contribution in [2.45, 2.75) is 37.3 Å². The summed E-state index contributed by atoms with van der Waals surface area (Å²) in [6.07, 6.45) is 2.04. The lowest BCUT2D eigenvalue weighted by Crippen LogP contribution is -2.37. The Balaban J connectivity index is 2.18. The predicted molar refractivity (Wildman–Crippen MR) is 83.6 cm³/mol. The number of aryl methyl sites for hydroxylation is 1. The van der Waals surface area contributed by atoms with Crippen LogP contribution < -0.4 is 5.32 Å². The van der Waals surface area contributed by atoms with E-state index < -0.39 is 0 Å². The largest absolute Gasteiger partial charge is 0.309 e. The SMILES string of the molecule is CCNC(c1ccc(C)nc1)C1SCCSC1C. The molecule has 3 unspecified atom stereocenters. The number of rotatable bonds is 4. The van der Waals surface area contributed by atoms with Crippen molar-refractivity contribution in [1.29, 1.82) is 0 Å². The van der Waals surface area contributed by atoms with Gasteiger partial charge in [-0.15, -0.1) is 0 Å². The van der Waals surface area contributed by atoms with Gasteiger partial charge in [-0.1, -0.05) is 19.9 Å². The number of hydrogen-bond donors (Lipinski definition) is 1. The van der Waals surface area contributed by atoms with Crippen molar-refractivity contribution in [3.05, 3.63) is 29.6 Å². The Morgan fingerprint density at radius 1 is 1.39 bits per heavy atom. The molecule has 1 fully saturated rings. The number of hydrogen-bond acceptors (Lipinski definition) is 4. The molecule has 1 aromatic heterocycles. The van der Waals surface area contributed by atoms with Gasteiger partial charge in [-0.2, -0.15) is 23.5 Å². The maximum absolute atomic E-state index is 4.45. The molecular formula is C14H22N2S2. The molecule has 1 aliphatic rings. The van der Waals surface area contributed by atoms with Crippen molar-refractivity contribution >= 4 is 23.5 Å². The van der Waals surface area contributed by atoms with Crippen LogP contribution in [0.15, 0.2) is 18.3 Å². The van der Waals surface area contributed by atoms with Gasteiger partial charge in [0.05, 0.1) is 0 Å². The van der Waals surface area contributed by atoms with Crippen LogP contribution in [0.1, 0.15) is 31.1 Å². The predicted octanol–water partition coefficient (Wildman–Crippen LogP) is 3.28. The third kappa shape index (κ3) is 3.43. The average molecular weight is 282 g/mol. The monoisotopic (exact) mass is 282 g/mol. The fraction of sp³-hybridized carbons (Fsp3) is 0.643. The Kier molecular flexibility index (Phi) is 5.39. The average Bonchev–Trinajstić information content (AvgIpc) is 2.38. The number of aromatic nitrogens is 1. The van der Waals surface area contributed by atoms with Gasteiger partial charge < -0.3 is 5.32 Å². The van der Waals surface area contributed by atoms with Gasteiger partial charge in [-0.25, -0.2) is 0 Å². The highest BCUT2D eigenvalue weighted by atomic mass is 32.2. The van der Waals surface area contributed by atoms with Crippen LogP contribution in [0, 0.1) is 6.92 Å². The summed E-state index contributed by atoms with van der Waals surface area (Å²) in [7, 11) is 0. The van der Waals surface area contributed by atoms with Crippen LogP contribution in [0.3, 0.4) is 0 Å². The summed E-state index contributed by atoms with van der Waals surface area (Å²) in [5, 5.41) is 4.99. The lowest BCUT2D eigenvalue weighted by Gasteiger charge is -2.35. The molecule has 0 aromatic carbocycles. The number of nitrogens with one attached hydrogen (secondary N) is 1. The van der Waals surface area contributed by atoms with Crippen LogP contribution in [0.2, 0.25) is 0 Å². The molecule has 4 heteroatoms. The lowest BCUT2D eigenvalue weighted by atomic mass is 10.0. The van der Waals surface area contributed by atoms with E-state index in [1.165, 1.54) is 17.1 Å². The molecule has 0 bridgehead atoms. The van der Waals surface area contributed by atoms with Gasteiger partial charge in [0.2, 0.25) is 0 Å². The molecule has 0 saturated carbocycles. The van der Waals surface area contributed by atoms with Crippen LogP contribution in [0.25, 0.3) is 0 Å². The minimum absolute atomic E-state index is 0.427. The van der Waals surface area contributed by atoms with E-state index in [9.17, 15) is 0 Å². The molecule has 1 N–H and O–H groups in total. The minimum Gasteiger partial charge on any atom is -0.309 e. The first-order valence-electron chi connectivity index (χ1n) is 6.61. The van der Waals surface area contributed by atoms with Crippen molar-refractivity contribution in [2.75, 3.05) is 18.1 Å². The Morgan fingerprint density at radius 2 is 2.17 bits per heavy atom. The van der Waals surface area contributed by atoms with E-state index in [4.69, 9.17) is 0 Å². The van der Waals surface area contributed by atoms with Crippen LogP contribution in [0.4, 0.5) is 0 Å². The molecule has 0 aliphatic carbocycles. The third-order valence-corrected chi connectivity index (χ3v) is 6.48. The number of nitrogens with zero attached hydrogens (tertiary/aromatic N) is 1. The first-order chi connectivity index (χ1) is 8.72. The van der Waals surface area contributed by atoms with Gasteiger partial charge in [0.1, 0.15) is 0 Å². The summed E-state index contributed by atoms with van der Waals surface area (Å²) in [4.78, 5) is 4.45. The second-order valence-corrected chi connectivity index (χ2v) is 7.45. The summed E-state index contributed by atoms with van der Waals surface area (Å²) < 4.78 is 0. The van der Waals surface area contributed by atoms with E-state index in [-0.39, 0.29) is 0 Å². The molecule has 3 atom stereocenters. The van der Waals surface area contributed by atoms with Crippen molar-refractivity contribution in [1.82, 2.24) is 10.3 Å². The van der Waals surface area contributed by atoms with Crippen LogP contribution >= 0.6 is 23.5 Å². The minimum atomic E-state index is 0.427. The fourth-order valence-electron chi connectivity index (χ4n) is 2.32. The van der Waals surface area contributed by atoms with Crippen LogP contribution in [-0.2, 0) is 0 Å². The summed E-state index contributed by atoms with van der Waals surface area (Å²) in [6.45, 7) is 7.58. The molecular weight excluding hydrogens is 260 g/mol. The summed E-state index contributed by atoms with van der Waals surface area (Å²) in [6, 6.07) is 4.77. The first kappa shape index (κ1) is 14.2. The second-order valence-electron chi connectivity index (χ2n) is 4.68. The van der Waals surface area contributed by atoms with Gasteiger partial charge >= 0.3 is 0 Å². The maximum atomic E-state index is 4.45. The van der Waals surface area contributed by atoms with Gasteiger partial charge in [0.25, 0.3) is 0 Å². The maximum Gasteiger partial charge on any atom is 0.0466 e. The van der Waals surface area contributed by atoms with E-state index in [2.05, 4.69) is 59.8 Å². The molecule has 0 radical (unpaired) electrons.